The summed E-state index contributed by atoms with van der Waals surface area (Å²) in [5, 5.41) is 0. The van der Waals surface area contributed by atoms with Crippen molar-refractivity contribution >= 4 is 0 Å². The van der Waals surface area contributed by atoms with Gasteiger partial charge in [-0.3, -0.25) is 0 Å². The summed E-state index contributed by atoms with van der Waals surface area (Å²) >= 11 is 0. The minimum absolute atomic E-state index is 1.08. The van der Waals surface area contributed by atoms with Crippen LogP contribution in [0, 0.1) is 5.92 Å². The van der Waals surface area contributed by atoms with Crippen LogP contribution in [0.25, 0.3) is 0 Å². The molecule has 1 aromatic carbocycles. The first-order chi connectivity index (χ1) is 6.45. The van der Waals surface area contributed by atoms with E-state index in [0.717, 1.165) is 12.8 Å². The molecule has 1 aliphatic carbocycles. The first-order valence-corrected chi connectivity index (χ1v) is 4.67. The highest BCUT2D eigenvalue weighted by Gasteiger charge is 2.05. The molecule has 0 heteroatoms. The Labute approximate surface area is 79.6 Å². The van der Waals surface area contributed by atoms with Crippen LogP contribution in [0.2, 0.25) is 0 Å². The fraction of sp³-hybridized carbons (Fsp3) is 0.154. The Morgan fingerprint density at radius 3 is 2.54 bits per heavy atom. The number of benzene rings is 1. The Morgan fingerprint density at radius 1 is 1.00 bits per heavy atom. The van der Waals surface area contributed by atoms with Gasteiger partial charge in [0.15, 0.2) is 0 Å². The lowest BCUT2D eigenvalue weighted by molar-refractivity contribution is 0.939. The van der Waals surface area contributed by atoms with Gasteiger partial charge in [-0.05, 0) is 18.4 Å². The number of hydrogen-bond acceptors (Lipinski definition) is 0. The van der Waals surface area contributed by atoms with Gasteiger partial charge in [0.2, 0.25) is 0 Å². The average molecular weight is 169 g/mol. The smallest absolute Gasteiger partial charge is 0.00569 e. The van der Waals surface area contributed by atoms with Gasteiger partial charge >= 0.3 is 0 Å². The summed E-state index contributed by atoms with van der Waals surface area (Å²) < 4.78 is 0. The second-order valence-corrected chi connectivity index (χ2v) is 3.31. The lowest BCUT2D eigenvalue weighted by atomic mass is 9.93. The summed E-state index contributed by atoms with van der Waals surface area (Å²) in [7, 11) is 0. The van der Waals surface area contributed by atoms with Crippen molar-refractivity contribution in [3.63, 3.8) is 0 Å². The maximum Gasteiger partial charge on any atom is 0.00569 e. The van der Waals surface area contributed by atoms with Crippen LogP contribution in [-0.2, 0) is 6.42 Å². The third-order valence-electron chi connectivity index (χ3n) is 2.23. The van der Waals surface area contributed by atoms with Gasteiger partial charge in [-0.2, -0.15) is 0 Å². The zero-order valence-electron chi connectivity index (χ0n) is 7.61. The predicted molar refractivity (Wildman–Crippen MR) is 56.3 cm³/mol. The van der Waals surface area contributed by atoms with Crippen LogP contribution in [0.5, 0.6) is 0 Å². The second-order valence-electron chi connectivity index (χ2n) is 3.31. The fourth-order valence-corrected chi connectivity index (χ4v) is 1.55. The van der Waals surface area contributed by atoms with Crippen molar-refractivity contribution in [1.29, 1.82) is 0 Å². The third-order valence-corrected chi connectivity index (χ3v) is 2.23. The van der Waals surface area contributed by atoms with Gasteiger partial charge in [-0.1, -0.05) is 54.6 Å². The molecule has 0 fully saturated rings. The molecule has 0 saturated heterocycles. The molecule has 13 heavy (non-hydrogen) atoms. The Hall–Kier alpha value is -1.30. The molecule has 0 aliphatic heterocycles. The lowest BCUT2D eigenvalue weighted by Crippen LogP contribution is -1.99. The Balaban J connectivity index is 1.99. The van der Waals surface area contributed by atoms with E-state index in [1.165, 1.54) is 11.5 Å². The van der Waals surface area contributed by atoms with E-state index in [9.17, 15) is 0 Å². The number of hydrogen-bond donors (Lipinski definition) is 0. The van der Waals surface area contributed by atoms with Crippen LogP contribution >= 0.6 is 0 Å². The molecule has 0 saturated carbocycles. The second kappa shape index (κ2) is 4.08. The molecule has 1 aromatic rings. The Bertz CT molecular complexity index is 306. The Morgan fingerprint density at radius 2 is 1.85 bits per heavy atom. The van der Waals surface area contributed by atoms with E-state index in [1.54, 1.807) is 0 Å². The predicted octanol–water partition coefficient (Wildman–Crippen LogP) is 3.32. The molecule has 1 radical (unpaired) electrons. The zero-order valence-corrected chi connectivity index (χ0v) is 7.61. The molecular weight excluding hydrogens is 156 g/mol. The molecule has 0 amide bonds. The summed E-state index contributed by atoms with van der Waals surface area (Å²) in [5.41, 5.74) is 1.40. The van der Waals surface area contributed by atoms with Gasteiger partial charge < -0.3 is 0 Å². The standard InChI is InChI=1S/C13H13/c1-3-7-12(8-4-1)11-13-9-5-2-6-10-13/h1-9H,10-11H2. The van der Waals surface area contributed by atoms with Gasteiger partial charge in [0, 0.05) is 5.92 Å². The van der Waals surface area contributed by atoms with Crippen molar-refractivity contribution in [3.05, 3.63) is 66.1 Å². The van der Waals surface area contributed by atoms with Crippen LogP contribution in [0.15, 0.2) is 54.6 Å². The SMILES string of the molecule is C1=CC[C](Cc2ccccc2)C=C1. The Kier molecular flexibility index (Phi) is 2.61. The average Bonchev–Trinajstić information content (AvgIpc) is 2.21. The van der Waals surface area contributed by atoms with E-state index in [1.807, 2.05) is 0 Å². The van der Waals surface area contributed by atoms with Gasteiger partial charge in [-0.25, -0.2) is 0 Å². The molecular formula is C13H13. The van der Waals surface area contributed by atoms with Crippen molar-refractivity contribution < 1.29 is 0 Å². The fourth-order valence-electron chi connectivity index (χ4n) is 1.55. The van der Waals surface area contributed by atoms with Crippen molar-refractivity contribution in [2.45, 2.75) is 12.8 Å². The van der Waals surface area contributed by atoms with Gasteiger partial charge in [0.1, 0.15) is 0 Å². The highest BCUT2D eigenvalue weighted by atomic mass is 14.1. The van der Waals surface area contributed by atoms with E-state index in [0.29, 0.717) is 0 Å². The summed E-state index contributed by atoms with van der Waals surface area (Å²) in [6.45, 7) is 0. The van der Waals surface area contributed by atoms with Crippen LogP contribution in [-0.4, -0.2) is 0 Å². The molecule has 0 aromatic heterocycles. The summed E-state index contributed by atoms with van der Waals surface area (Å²) in [6, 6.07) is 10.6. The minimum atomic E-state index is 1.08. The minimum Gasteiger partial charge on any atom is -0.0836 e. The molecule has 0 unspecified atom stereocenters. The molecule has 0 spiro atoms. The first kappa shape index (κ1) is 8.31. The largest absolute Gasteiger partial charge is 0.0836 e. The summed E-state index contributed by atoms with van der Waals surface area (Å²) in [4.78, 5) is 0. The maximum absolute atomic E-state index is 2.22. The normalized spacial score (nSPS) is 16.3. The molecule has 0 atom stereocenters. The molecule has 0 nitrogen and oxygen atoms in total. The van der Waals surface area contributed by atoms with Gasteiger partial charge in [0.05, 0.1) is 0 Å². The van der Waals surface area contributed by atoms with Gasteiger partial charge in [0.25, 0.3) is 0 Å². The van der Waals surface area contributed by atoms with Gasteiger partial charge in [-0.15, -0.1) is 0 Å². The van der Waals surface area contributed by atoms with Crippen LogP contribution in [0.1, 0.15) is 12.0 Å². The van der Waals surface area contributed by atoms with Crippen LogP contribution < -0.4 is 0 Å². The molecule has 0 heterocycles. The zero-order chi connectivity index (χ0) is 8.93. The molecule has 1 aliphatic rings. The highest BCUT2D eigenvalue weighted by molar-refractivity contribution is 5.29. The summed E-state index contributed by atoms with van der Waals surface area (Å²) in [6.07, 6.45) is 10.8. The van der Waals surface area contributed by atoms with Crippen molar-refractivity contribution in [2.24, 2.45) is 0 Å². The third kappa shape index (κ3) is 2.32. The molecule has 0 N–H and O–H groups in total. The number of rotatable bonds is 2. The van der Waals surface area contributed by atoms with E-state index >= 15 is 0 Å². The van der Waals surface area contributed by atoms with E-state index in [4.69, 9.17) is 0 Å². The van der Waals surface area contributed by atoms with Crippen molar-refractivity contribution in [3.8, 4) is 0 Å². The first-order valence-electron chi connectivity index (χ1n) is 4.67. The quantitative estimate of drug-likeness (QED) is 0.637. The van der Waals surface area contributed by atoms with Crippen molar-refractivity contribution in [1.82, 2.24) is 0 Å². The molecule has 2 rings (SSSR count). The topological polar surface area (TPSA) is 0 Å². The summed E-state index contributed by atoms with van der Waals surface area (Å²) in [5.74, 6) is 1.49. The van der Waals surface area contributed by atoms with Crippen molar-refractivity contribution in [2.75, 3.05) is 0 Å². The molecule has 0 bridgehead atoms. The van der Waals surface area contributed by atoms with E-state index in [2.05, 4.69) is 54.6 Å². The van der Waals surface area contributed by atoms with Crippen LogP contribution in [0.4, 0.5) is 0 Å². The van der Waals surface area contributed by atoms with Crippen LogP contribution in [0.3, 0.4) is 0 Å². The monoisotopic (exact) mass is 169 g/mol. The molecule has 65 valence electrons. The highest BCUT2D eigenvalue weighted by Crippen LogP contribution is 2.19. The van der Waals surface area contributed by atoms with E-state index in [-0.39, 0.29) is 0 Å². The van der Waals surface area contributed by atoms with E-state index < -0.39 is 0 Å². The number of allylic oxidation sites excluding steroid dienone is 4. The lowest BCUT2D eigenvalue weighted by Gasteiger charge is -2.11. The maximum atomic E-state index is 2.22.